The highest BCUT2D eigenvalue weighted by Crippen LogP contribution is 1.98. The summed E-state index contributed by atoms with van der Waals surface area (Å²) < 4.78 is 0. The summed E-state index contributed by atoms with van der Waals surface area (Å²) in [5.74, 6) is 0.208. The van der Waals surface area contributed by atoms with Crippen molar-refractivity contribution in [2.75, 3.05) is 6.61 Å². The molecule has 2 nitrogen and oxygen atoms in total. The molecule has 0 bridgehead atoms. The summed E-state index contributed by atoms with van der Waals surface area (Å²) in [6.07, 6.45) is 1.74. The third kappa shape index (κ3) is 2.09. The molecule has 0 heterocycles. The molecule has 2 unspecified atom stereocenters. The first-order valence-electron chi connectivity index (χ1n) is 2.71. The lowest BCUT2D eigenvalue weighted by molar-refractivity contribution is 0.246. The van der Waals surface area contributed by atoms with Gasteiger partial charge in [-0.25, -0.2) is 0 Å². The third-order valence-electron chi connectivity index (χ3n) is 1.26. The molecule has 0 fully saturated rings. The van der Waals surface area contributed by atoms with Gasteiger partial charge in [0.1, 0.15) is 0 Å². The van der Waals surface area contributed by atoms with E-state index in [0.717, 1.165) is 0 Å². The van der Waals surface area contributed by atoms with Crippen molar-refractivity contribution >= 4 is 0 Å². The van der Waals surface area contributed by atoms with Crippen LogP contribution in [-0.2, 0) is 0 Å². The molecular formula is C6H13NO. The maximum Gasteiger partial charge on any atom is 0.0588 e. The SMILES string of the molecule is C=CC(C)C(N)CO. The lowest BCUT2D eigenvalue weighted by Crippen LogP contribution is -2.30. The van der Waals surface area contributed by atoms with E-state index in [1.807, 2.05) is 6.92 Å². The van der Waals surface area contributed by atoms with Crippen LogP contribution in [0, 0.1) is 5.92 Å². The monoisotopic (exact) mass is 115 g/mol. The Labute approximate surface area is 50.0 Å². The molecule has 0 amide bonds. The Kier molecular flexibility index (Phi) is 3.48. The van der Waals surface area contributed by atoms with Gasteiger partial charge < -0.3 is 10.8 Å². The predicted molar refractivity (Wildman–Crippen MR) is 34.4 cm³/mol. The van der Waals surface area contributed by atoms with E-state index in [9.17, 15) is 0 Å². The summed E-state index contributed by atoms with van der Waals surface area (Å²) >= 11 is 0. The smallest absolute Gasteiger partial charge is 0.0588 e. The van der Waals surface area contributed by atoms with Gasteiger partial charge in [0, 0.05) is 6.04 Å². The second kappa shape index (κ2) is 3.64. The van der Waals surface area contributed by atoms with Gasteiger partial charge in [-0.15, -0.1) is 6.58 Å². The van der Waals surface area contributed by atoms with Crippen LogP contribution in [0.25, 0.3) is 0 Å². The van der Waals surface area contributed by atoms with Crippen LogP contribution in [0.3, 0.4) is 0 Å². The highest BCUT2D eigenvalue weighted by atomic mass is 16.3. The lowest BCUT2D eigenvalue weighted by Gasteiger charge is -2.11. The number of hydrogen-bond donors (Lipinski definition) is 2. The molecular weight excluding hydrogens is 102 g/mol. The molecule has 0 saturated heterocycles. The highest BCUT2D eigenvalue weighted by molar-refractivity contribution is 4.82. The molecule has 3 N–H and O–H groups in total. The number of hydrogen-bond acceptors (Lipinski definition) is 2. The van der Waals surface area contributed by atoms with Gasteiger partial charge in [0.2, 0.25) is 0 Å². The fourth-order valence-electron chi connectivity index (χ4n) is 0.341. The molecule has 8 heavy (non-hydrogen) atoms. The van der Waals surface area contributed by atoms with Crippen molar-refractivity contribution in [3.63, 3.8) is 0 Å². The molecule has 0 aromatic carbocycles. The van der Waals surface area contributed by atoms with E-state index < -0.39 is 0 Å². The van der Waals surface area contributed by atoms with Crippen LogP contribution in [-0.4, -0.2) is 17.8 Å². The Hall–Kier alpha value is -0.340. The van der Waals surface area contributed by atoms with E-state index in [1.165, 1.54) is 0 Å². The number of nitrogens with two attached hydrogens (primary N) is 1. The minimum absolute atomic E-state index is 0.0349. The van der Waals surface area contributed by atoms with Crippen molar-refractivity contribution in [1.82, 2.24) is 0 Å². The first-order chi connectivity index (χ1) is 3.72. The zero-order valence-corrected chi connectivity index (χ0v) is 5.17. The van der Waals surface area contributed by atoms with E-state index in [0.29, 0.717) is 0 Å². The van der Waals surface area contributed by atoms with Gasteiger partial charge >= 0.3 is 0 Å². The zero-order chi connectivity index (χ0) is 6.57. The van der Waals surface area contributed by atoms with E-state index in [-0.39, 0.29) is 18.6 Å². The molecule has 2 heteroatoms. The first-order valence-corrected chi connectivity index (χ1v) is 2.71. The summed E-state index contributed by atoms with van der Waals surface area (Å²) in [5, 5.41) is 8.46. The van der Waals surface area contributed by atoms with E-state index >= 15 is 0 Å². The maximum atomic E-state index is 8.46. The van der Waals surface area contributed by atoms with Crippen molar-refractivity contribution in [3.8, 4) is 0 Å². The van der Waals surface area contributed by atoms with Crippen molar-refractivity contribution < 1.29 is 5.11 Å². The number of rotatable bonds is 3. The van der Waals surface area contributed by atoms with Crippen LogP contribution in [0.15, 0.2) is 12.7 Å². The zero-order valence-electron chi connectivity index (χ0n) is 5.17. The Balaban J connectivity index is 3.44. The Bertz CT molecular complexity index is 72.9. The standard InChI is InChI=1S/C6H13NO/c1-3-5(2)6(7)4-8/h3,5-6,8H,1,4,7H2,2H3. The van der Waals surface area contributed by atoms with Gasteiger partial charge in [0.05, 0.1) is 6.61 Å². The normalized spacial score (nSPS) is 17.4. The minimum Gasteiger partial charge on any atom is -0.395 e. The van der Waals surface area contributed by atoms with Crippen LogP contribution >= 0.6 is 0 Å². The quantitative estimate of drug-likeness (QED) is 0.513. The van der Waals surface area contributed by atoms with Crippen molar-refractivity contribution in [3.05, 3.63) is 12.7 Å². The van der Waals surface area contributed by atoms with E-state index in [4.69, 9.17) is 10.8 Å². The molecule has 0 aliphatic carbocycles. The summed E-state index contributed by atoms with van der Waals surface area (Å²) in [6.45, 7) is 5.50. The molecule has 0 aliphatic rings. The average molecular weight is 115 g/mol. The third-order valence-corrected chi connectivity index (χ3v) is 1.26. The molecule has 0 saturated carbocycles. The Morgan fingerprint density at radius 1 is 1.88 bits per heavy atom. The van der Waals surface area contributed by atoms with Crippen LogP contribution in [0.1, 0.15) is 6.92 Å². The Morgan fingerprint density at radius 3 is 2.50 bits per heavy atom. The van der Waals surface area contributed by atoms with Crippen molar-refractivity contribution in [2.45, 2.75) is 13.0 Å². The molecule has 0 aromatic rings. The molecule has 2 atom stereocenters. The topological polar surface area (TPSA) is 46.2 Å². The summed E-state index contributed by atoms with van der Waals surface area (Å²) in [5.41, 5.74) is 5.41. The van der Waals surface area contributed by atoms with Crippen molar-refractivity contribution in [2.24, 2.45) is 11.7 Å². The highest BCUT2D eigenvalue weighted by Gasteiger charge is 2.05. The predicted octanol–water partition coefficient (Wildman–Crippen LogP) is 0.128. The summed E-state index contributed by atoms with van der Waals surface area (Å²) in [4.78, 5) is 0. The van der Waals surface area contributed by atoms with Crippen LogP contribution < -0.4 is 5.73 Å². The molecule has 0 rings (SSSR count). The molecule has 48 valence electrons. The fraction of sp³-hybridized carbons (Fsp3) is 0.667. The first kappa shape index (κ1) is 7.66. The van der Waals surface area contributed by atoms with Gasteiger partial charge in [-0.2, -0.15) is 0 Å². The molecule has 0 aromatic heterocycles. The Morgan fingerprint density at radius 2 is 2.38 bits per heavy atom. The van der Waals surface area contributed by atoms with Crippen molar-refractivity contribution in [1.29, 1.82) is 0 Å². The van der Waals surface area contributed by atoms with E-state index in [2.05, 4.69) is 6.58 Å². The number of aliphatic hydroxyl groups excluding tert-OH is 1. The van der Waals surface area contributed by atoms with E-state index in [1.54, 1.807) is 6.08 Å². The molecule has 0 radical (unpaired) electrons. The van der Waals surface area contributed by atoms with Gasteiger partial charge in [0.15, 0.2) is 0 Å². The largest absolute Gasteiger partial charge is 0.395 e. The minimum atomic E-state index is -0.146. The maximum absolute atomic E-state index is 8.46. The molecule has 0 spiro atoms. The van der Waals surface area contributed by atoms with Crippen LogP contribution in [0.5, 0.6) is 0 Å². The lowest BCUT2D eigenvalue weighted by atomic mass is 10.0. The van der Waals surface area contributed by atoms with Gasteiger partial charge in [-0.1, -0.05) is 13.0 Å². The molecule has 0 aliphatic heterocycles. The van der Waals surface area contributed by atoms with Crippen LogP contribution in [0.4, 0.5) is 0 Å². The van der Waals surface area contributed by atoms with Gasteiger partial charge in [-0.3, -0.25) is 0 Å². The fourth-order valence-corrected chi connectivity index (χ4v) is 0.341. The summed E-state index contributed by atoms with van der Waals surface area (Å²) in [6, 6.07) is -0.146. The average Bonchev–Trinajstić information content (AvgIpc) is 1.84. The van der Waals surface area contributed by atoms with Gasteiger partial charge in [-0.05, 0) is 5.92 Å². The van der Waals surface area contributed by atoms with Crippen LogP contribution in [0.2, 0.25) is 0 Å². The second-order valence-electron chi connectivity index (χ2n) is 1.94. The van der Waals surface area contributed by atoms with Gasteiger partial charge in [0.25, 0.3) is 0 Å². The summed E-state index contributed by atoms with van der Waals surface area (Å²) in [7, 11) is 0. The number of aliphatic hydroxyl groups is 1. The second-order valence-corrected chi connectivity index (χ2v) is 1.94.